The molecule has 0 bridgehead atoms. The second-order valence-electron chi connectivity index (χ2n) is 3.75. The number of carbonyl (C=O) groups excluding carboxylic acids is 1. The van der Waals surface area contributed by atoms with Crippen molar-refractivity contribution in [2.75, 3.05) is 0 Å². The maximum atomic E-state index is 11.8. The summed E-state index contributed by atoms with van der Waals surface area (Å²) >= 11 is 0. The van der Waals surface area contributed by atoms with Crippen LogP contribution in [0.5, 0.6) is 0 Å². The Morgan fingerprint density at radius 3 is 2.20 bits per heavy atom. The molecule has 0 spiro atoms. The minimum absolute atomic E-state index is 0.262. The van der Waals surface area contributed by atoms with Crippen molar-refractivity contribution >= 4 is 18.2 Å². The number of rotatable bonds is 2. The predicted octanol–water partition coefficient (Wildman–Crippen LogP) is 2.05. The van der Waals surface area contributed by atoms with Crippen molar-refractivity contribution in [1.82, 2.24) is 0 Å². The molecule has 0 aliphatic carbocycles. The Bertz CT molecular complexity index is 463. The van der Waals surface area contributed by atoms with E-state index < -0.39 is 12.9 Å². The topological polar surface area (TPSA) is 54.4 Å². The predicted molar refractivity (Wildman–Crippen MR) is 60.8 cm³/mol. The summed E-state index contributed by atoms with van der Waals surface area (Å²) in [4.78, 5) is 20.8. The summed E-state index contributed by atoms with van der Waals surface area (Å²) < 4.78 is 11.8. The van der Waals surface area contributed by atoms with E-state index in [0.717, 1.165) is 23.6 Å². The van der Waals surface area contributed by atoms with Crippen LogP contribution in [0.2, 0.25) is 0 Å². The van der Waals surface area contributed by atoms with Gasteiger partial charge in [-0.25, -0.2) is 0 Å². The number of hydrogen-bond donors (Lipinski definition) is 1. The first kappa shape index (κ1) is 12.2. The van der Waals surface area contributed by atoms with Gasteiger partial charge < -0.3 is 4.89 Å². The number of benzene rings is 1. The van der Waals surface area contributed by atoms with Gasteiger partial charge in [0.05, 0.1) is 0 Å². The second-order valence-corrected chi connectivity index (χ2v) is 6.01. The van der Waals surface area contributed by atoms with E-state index in [1.807, 2.05) is 13.8 Å². The molecule has 0 saturated heterocycles. The van der Waals surface area contributed by atoms with Crippen LogP contribution in [0.3, 0.4) is 0 Å². The highest BCUT2D eigenvalue weighted by atomic mass is 31.2. The van der Waals surface area contributed by atoms with Crippen LogP contribution in [0.15, 0.2) is 12.1 Å². The van der Waals surface area contributed by atoms with Crippen molar-refractivity contribution in [3.8, 4) is 0 Å². The summed E-state index contributed by atoms with van der Waals surface area (Å²) in [5.41, 5.74) is 2.08. The lowest BCUT2D eigenvalue weighted by Crippen LogP contribution is -2.15. The molecule has 0 saturated carbocycles. The van der Waals surface area contributed by atoms with Gasteiger partial charge in [0.15, 0.2) is 0 Å². The molecule has 0 aliphatic heterocycles. The fourth-order valence-corrected chi connectivity index (χ4v) is 2.68. The highest BCUT2D eigenvalue weighted by Gasteiger charge is 2.29. The zero-order valence-electron chi connectivity index (χ0n) is 9.37. The second kappa shape index (κ2) is 3.92. The van der Waals surface area contributed by atoms with Gasteiger partial charge in [0.2, 0.25) is 5.52 Å². The van der Waals surface area contributed by atoms with Gasteiger partial charge in [-0.05, 0) is 43.5 Å². The van der Waals surface area contributed by atoms with Gasteiger partial charge in [0, 0.05) is 12.2 Å². The maximum Gasteiger partial charge on any atom is 0.293 e. The van der Waals surface area contributed by atoms with E-state index in [4.69, 9.17) is 0 Å². The van der Waals surface area contributed by atoms with Crippen molar-refractivity contribution in [2.24, 2.45) is 0 Å². The van der Waals surface area contributed by atoms with Gasteiger partial charge in [-0.2, -0.15) is 0 Å². The molecule has 15 heavy (non-hydrogen) atoms. The van der Waals surface area contributed by atoms with E-state index >= 15 is 0 Å². The first-order valence-corrected chi connectivity index (χ1v) is 6.35. The first-order chi connectivity index (χ1) is 6.78. The lowest BCUT2D eigenvalue weighted by Gasteiger charge is -2.14. The van der Waals surface area contributed by atoms with Gasteiger partial charge >= 0.3 is 0 Å². The van der Waals surface area contributed by atoms with E-state index in [9.17, 15) is 14.3 Å². The molecule has 1 N–H and O–H groups in total. The summed E-state index contributed by atoms with van der Waals surface area (Å²) in [7, 11) is -3.84. The molecule has 1 rings (SSSR count). The van der Waals surface area contributed by atoms with Crippen LogP contribution in [0, 0.1) is 20.8 Å². The molecule has 0 aromatic heterocycles. The number of hydrogen-bond acceptors (Lipinski definition) is 2. The summed E-state index contributed by atoms with van der Waals surface area (Å²) in [6.07, 6.45) is 0. The fourth-order valence-electron chi connectivity index (χ4n) is 1.44. The fraction of sp³-hybridized carbons (Fsp3) is 0.364. The lowest BCUT2D eigenvalue weighted by atomic mass is 10.1. The SMILES string of the molecule is CC(=O)P(=O)(O)c1ccc(C)c(C)c1C. The zero-order valence-corrected chi connectivity index (χ0v) is 10.3. The van der Waals surface area contributed by atoms with Gasteiger partial charge in [0.25, 0.3) is 7.37 Å². The molecular weight excluding hydrogens is 211 g/mol. The Hall–Kier alpha value is -0.920. The van der Waals surface area contributed by atoms with Crippen molar-refractivity contribution in [1.29, 1.82) is 0 Å². The molecule has 1 aromatic carbocycles. The third-order valence-electron chi connectivity index (χ3n) is 2.78. The van der Waals surface area contributed by atoms with Crippen LogP contribution in [-0.4, -0.2) is 10.4 Å². The molecule has 4 heteroatoms. The van der Waals surface area contributed by atoms with E-state index in [1.165, 1.54) is 0 Å². The van der Waals surface area contributed by atoms with E-state index in [2.05, 4.69) is 0 Å². The molecule has 82 valence electrons. The molecule has 3 nitrogen and oxygen atoms in total. The average molecular weight is 226 g/mol. The number of aryl methyl sites for hydroxylation is 1. The average Bonchev–Trinajstić information content (AvgIpc) is 2.13. The van der Waals surface area contributed by atoms with Crippen molar-refractivity contribution in [2.45, 2.75) is 27.7 Å². The highest BCUT2D eigenvalue weighted by molar-refractivity contribution is 7.82. The monoisotopic (exact) mass is 226 g/mol. The first-order valence-electron chi connectivity index (χ1n) is 4.69. The quantitative estimate of drug-likeness (QED) is 0.785. The summed E-state index contributed by atoms with van der Waals surface area (Å²) in [5.74, 6) is 0. The Morgan fingerprint density at radius 1 is 1.20 bits per heavy atom. The van der Waals surface area contributed by atoms with Gasteiger partial charge in [0.1, 0.15) is 0 Å². The van der Waals surface area contributed by atoms with Gasteiger partial charge in [-0.1, -0.05) is 6.07 Å². The van der Waals surface area contributed by atoms with Crippen molar-refractivity contribution < 1.29 is 14.3 Å². The Morgan fingerprint density at radius 2 is 1.73 bits per heavy atom. The summed E-state index contributed by atoms with van der Waals surface area (Å²) in [6.45, 7) is 6.73. The molecule has 1 unspecified atom stereocenters. The van der Waals surface area contributed by atoms with Crippen LogP contribution in [-0.2, 0) is 9.36 Å². The Kier molecular flexibility index (Phi) is 3.17. The van der Waals surface area contributed by atoms with Crippen LogP contribution in [0.1, 0.15) is 23.6 Å². The van der Waals surface area contributed by atoms with Crippen LogP contribution >= 0.6 is 7.37 Å². The van der Waals surface area contributed by atoms with E-state index in [1.54, 1.807) is 19.1 Å². The smallest absolute Gasteiger partial charge is 0.293 e. The normalized spacial score (nSPS) is 14.7. The van der Waals surface area contributed by atoms with Gasteiger partial charge in [-0.3, -0.25) is 9.36 Å². The summed E-state index contributed by atoms with van der Waals surface area (Å²) in [5, 5.41) is 0.262. The Balaban J connectivity index is 3.48. The molecule has 0 fully saturated rings. The van der Waals surface area contributed by atoms with E-state index in [-0.39, 0.29) is 5.30 Å². The lowest BCUT2D eigenvalue weighted by molar-refractivity contribution is -0.110. The highest BCUT2D eigenvalue weighted by Crippen LogP contribution is 2.41. The largest absolute Gasteiger partial charge is 0.336 e. The standard InChI is InChI=1S/C11H15O3P/c1-7-5-6-11(9(3)8(7)2)15(13,14)10(4)12/h5-6H,1-4H3,(H,13,14). The molecule has 0 heterocycles. The zero-order chi connectivity index (χ0) is 11.8. The minimum Gasteiger partial charge on any atom is -0.336 e. The number of carbonyl (C=O) groups is 1. The van der Waals surface area contributed by atoms with Gasteiger partial charge in [-0.15, -0.1) is 0 Å². The van der Waals surface area contributed by atoms with Crippen molar-refractivity contribution in [3.05, 3.63) is 28.8 Å². The molecular formula is C11H15O3P. The summed E-state index contributed by atoms with van der Waals surface area (Å²) in [6, 6.07) is 3.34. The third kappa shape index (κ3) is 2.04. The molecule has 1 aromatic rings. The van der Waals surface area contributed by atoms with Crippen LogP contribution in [0.4, 0.5) is 0 Å². The van der Waals surface area contributed by atoms with Crippen LogP contribution in [0.25, 0.3) is 0 Å². The van der Waals surface area contributed by atoms with Crippen molar-refractivity contribution in [3.63, 3.8) is 0 Å². The Labute approximate surface area is 89.6 Å². The molecule has 0 aliphatic rings. The minimum atomic E-state index is -3.84. The van der Waals surface area contributed by atoms with E-state index in [0.29, 0.717) is 0 Å². The third-order valence-corrected chi connectivity index (χ3v) is 4.77. The molecule has 0 radical (unpaired) electrons. The molecule has 0 amide bonds. The molecule has 1 atom stereocenters. The van der Waals surface area contributed by atoms with Crippen LogP contribution < -0.4 is 5.30 Å². The maximum absolute atomic E-state index is 11.8.